The van der Waals surface area contributed by atoms with Crippen LogP contribution < -0.4 is 10.1 Å². The summed E-state index contributed by atoms with van der Waals surface area (Å²) < 4.78 is 19.3. The smallest absolute Gasteiger partial charge is 0.219 e. The topological polar surface area (TPSA) is 34.1 Å². The Kier molecular flexibility index (Phi) is 4.22. The van der Waals surface area contributed by atoms with Crippen molar-refractivity contribution in [3.63, 3.8) is 0 Å². The number of pyridine rings is 1. The fourth-order valence-electron chi connectivity index (χ4n) is 2.02. The van der Waals surface area contributed by atoms with Crippen LogP contribution in [0.25, 0.3) is 0 Å². The molecule has 5 heteroatoms. The summed E-state index contributed by atoms with van der Waals surface area (Å²) in [6.07, 6.45) is 2.54. The van der Waals surface area contributed by atoms with Crippen LogP contribution in [0.4, 0.5) is 4.39 Å². The molecule has 0 amide bonds. The van der Waals surface area contributed by atoms with Crippen LogP contribution in [0.15, 0.2) is 34.8 Å². The van der Waals surface area contributed by atoms with Crippen molar-refractivity contribution in [2.45, 2.75) is 32.4 Å². The number of ether oxygens (including phenoxy) is 1. The van der Waals surface area contributed by atoms with Crippen molar-refractivity contribution in [2.24, 2.45) is 0 Å². The van der Waals surface area contributed by atoms with Crippen LogP contribution in [0.1, 0.15) is 24.1 Å². The van der Waals surface area contributed by atoms with Gasteiger partial charge in [0.25, 0.3) is 0 Å². The van der Waals surface area contributed by atoms with E-state index in [2.05, 4.69) is 26.2 Å². The third-order valence-electron chi connectivity index (χ3n) is 3.44. The number of halogens is 2. The van der Waals surface area contributed by atoms with E-state index in [1.54, 1.807) is 6.07 Å². The first-order chi connectivity index (χ1) is 10.1. The van der Waals surface area contributed by atoms with Gasteiger partial charge in [0.05, 0.1) is 4.47 Å². The van der Waals surface area contributed by atoms with Gasteiger partial charge in [-0.2, -0.15) is 0 Å². The summed E-state index contributed by atoms with van der Waals surface area (Å²) in [5.41, 5.74) is 2.12. The van der Waals surface area contributed by atoms with Crippen LogP contribution in [0.5, 0.6) is 11.6 Å². The van der Waals surface area contributed by atoms with Crippen LogP contribution >= 0.6 is 15.9 Å². The van der Waals surface area contributed by atoms with E-state index < -0.39 is 0 Å². The second-order valence-corrected chi connectivity index (χ2v) is 6.08. The number of aryl methyl sites for hydroxylation is 1. The van der Waals surface area contributed by atoms with Gasteiger partial charge in [0.15, 0.2) is 0 Å². The Morgan fingerprint density at radius 2 is 2.14 bits per heavy atom. The number of rotatable bonds is 5. The van der Waals surface area contributed by atoms with Crippen LogP contribution in [-0.2, 0) is 6.54 Å². The predicted octanol–water partition coefficient (Wildman–Crippen LogP) is 4.34. The number of nitrogens with zero attached hydrogens (tertiary/aromatic N) is 1. The predicted molar refractivity (Wildman–Crippen MR) is 83.0 cm³/mol. The van der Waals surface area contributed by atoms with Gasteiger partial charge in [-0.1, -0.05) is 6.07 Å². The maximum Gasteiger partial charge on any atom is 0.219 e. The maximum atomic E-state index is 13.1. The van der Waals surface area contributed by atoms with E-state index in [4.69, 9.17) is 4.74 Å². The van der Waals surface area contributed by atoms with Crippen molar-refractivity contribution in [3.05, 3.63) is 51.9 Å². The summed E-state index contributed by atoms with van der Waals surface area (Å²) in [7, 11) is 0. The Bertz CT molecular complexity index is 659. The van der Waals surface area contributed by atoms with Crippen molar-refractivity contribution in [3.8, 4) is 11.6 Å². The molecule has 3 nitrogen and oxygen atoms in total. The van der Waals surface area contributed by atoms with Gasteiger partial charge in [-0.15, -0.1) is 0 Å². The molecule has 21 heavy (non-hydrogen) atoms. The fourth-order valence-corrected chi connectivity index (χ4v) is 2.45. The Morgan fingerprint density at radius 3 is 2.81 bits per heavy atom. The average Bonchev–Trinajstić information content (AvgIpc) is 3.25. The molecule has 1 aliphatic rings. The van der Waals surface area contributed by atoms with Crippen LogP contribution in [-0.4, -0.2) is 11.0 Å². The molecule has 1 heterocycles. The summed E-state index contributed by atoms with van der Waals surface area (Å²) in [6, 6.07) is 8.85. The summed E-state index contributed by atoms with van der Waals surface area (Å²) in [5, 5.41) is 3.47. The number of benzene rings is 1. The first-order valence-electron chi connectivity index (χ1n) is 6.94. The molecular weight excluding hydrogens is 335 g/mol. The van der Waals surface area contributed by atoms with Gasteiger partial charge in [-0.25, -0.2) is 9.37 Å². The lowest BCUT2D eigenvalue weighted by molar-refractivity contribution is 0.456. The molecule has 0 aliphatic heterocycles. The highest BCUT2D eigenvalue weighted by molar-refractivity contribution is 9.10. The van der Waals surface area contributed by atoms with Crippen molar-refractivity contribution in [1.29, 1.82) is 0 Å². The van der Waals surface area contributed by atoms with Crippen LogP contribution in [0, 0.1) is 12.7 Å². The molecule has 1 aromatic carbocycles. The van der Waals surface area contributed by atoms with E-state index in [-0.39, 0.29) is 5.82 Å². The summed E-state index contributed by atoms with van der Waals surface area (Å²) >= 11 is 3.28. The van der Waals surface area contributed by atoms with Crippen molar-refractivity contribution in [2.75, 3.05) is 0 Å². The van der Waals surface area contributed by atoms with E-state index in [0.717, 1.165) is 12.2 Å². The first-order valence-corrected chi connectivity index (χ1v) is 7.74. The minimum absolute atomic E-state index is 0.306. The Hall–Kier alpha value is -1.46. The van der Waals surface area contributed by atoms with Crippen molar-refractivity contribution in [1.82, 2.24) is 10.3 Å². The lowest BCUT2D eigenvalue weighted by Crippen LogP contribution is -2.16. The van der Waals surface area contributed by atoms with Crippen molar-refractivity contribution >= 4 is 15.9 Å². The second kappa shape index (κ2) is 6.12. The normalized spacial score (nSPS) is 14.2. The molecule has 2 aromatic rings. The number of hydrogen-bond donors (Lipinski definition) is 1. The van der Waals surface area contributed by atoms with Gasteiger partial charge in [-0.05, 0) is 59.5 Å². The molecule has 0 unspecified atom stereocenters. The SMILES string of the molecule is Cc1nc(Oc2ccc(F)cc2Br)ccc1CNC1CC1. The minimum Gasteiger partial charge on any atom is -0.438 e. The lowest BCUT2D eigenvalue weighted by Gasteiger charge is -2.10. The molecule has 0 spiro atoms. The van der Waals surface area contributed by atoms with E-state index in [1.165, 1.54) is 30.5 Å². The van der Waals surface area contributed by atoms with Crippen molar-refractivity contribution < 1.29 is 9.13 Å². The highest BCUT2D eigenvalue weighted by Gasteiger charge is 2.20. The molecule has 1 N–H and O–H groups in total. The van der Waals surface area contributed by atoms with E-state index in [9.17, 15) is 4.39 Å². The van der Waals surface area contributed by atoms with Gasteiger partial charge in [0.1, 0.15) is 11.6 Å². The highest BCUT2D eigenvalue weighted by Crippen LogP contribution is 2.29. The summed E-state index contributed by atoms with van der Waals surface area (Å²) in [6.45, 7) is 2.81. The maximum absolute atomic E-state index is 13.1. The van der Waals surface area contributed by atoms with E-state index in [0.29, 0.717) is 22.1 Å². The molecular formula is C16H16BrFN2O. The second-order valence-electron chi connectivity index (χ2n) is 5.23. The third kappa shape index (κ3) is 3.80. The van der Waals surface area contributed by atoms with Gasteiger partial charge >= 0.3 is 0 Å². The molecule has 110 valence electrons. The molecule has 3 rings (SSSR count). The number of aromatic nitrogens is 1. The molecule has 1 aromatic heterocycles. The Balaban J connectivity index is 1.71. The highest BCUT2D eigenvalue weighted by atomic mass is 79.9. The largest absolute Gasteiger partial charge is 0.438 e. The standard InChI is InChI=1S/C16H16BrFN2O/c1-10-11(9-19-13-4-5-13)2-7-16(20-10)21-15-6-3-12(18)8-14(15)17/h2-3,6-8,13,19H,4-5,9H2,1H3. The molecule has 1 aliphatic carbocycles. The Labute approximate surface area is 131 Å². The van der Waals surface area contributed by atoms with Crippen LogP contribution in [0.3, 0.4) is 0 Å². The van der Waals surface area contributed by atoms with Gasteiger partial charge in [0, 0.05) is 24.3 Å². The molecule has 0 atom stereocenters. The van der Waals surface area contributed by atoms with Crippen LogP contribution in [0.2, 0.25) is 0 Å². The monoisotopic (exact) mass is 350 g/mol. The van der Waals surface area contributed by atoms with E-state index >= 15 is 0 Å². The summed E-state index contributed by atoms with van der Waals surface area (Å²) in [5.74, 6) is 0.752. The number of hydrogen-bond acceptors (Lipinski definition) is 3. The molecule has 0 bridgehead atoms. The van der Waals surface area contributed by atoms with E-state index in [1.807, 2.05) is 19.1 Å². The van der Waals surface area contributed by atoms with Gasteiger partial charge in [0.2, 0.25) is 5.88 Å². The minimum atomic E-state index is -0.306. The quantitative estimate of drug-likeness (QED) is 0.870. The van der Waals surface area contributed by atoms with Gasteiger partial charge < -0.3 is 10.1 Å². The Morgan fingerprint density at radius 1 is 1.33 bits per heavy atom. The number of nitrogens with one attached hydrogen (secondary N) is 1. The molecule has 1 fully saturated rings. The molecule has 0 radical (unpaired) electrons. The third-order valence-corrected chi connectivity index (χ3v) is 4.06. The first kappa shape index (κ1) is 14.5. The molecule has 1 saturated carbocycles. The zero-order valence-electron chi connectivity index (χ0n) is 11.7. The lowest BCUT2D eigenvalue weighted by atomic mass is 10.2. The zero-order valence-corrected chi connectivity index (χ0v) is 13.3. The summed E-state index contributed by atoms with van der Waals surface area (Å²) in [4.78, 5) is 4.45. The van der Waals surface area contributed by atoms with Gasteiger partial charge in [-0.3, -0.25) is 0 Å². The molecule has 0 saturated heterocycles. The fraction of sp³-hybridized carbons (Fsp3) is 0.312. The zero-order chi connectivity index (χ0) is 14.8. The average molecular weight is 351 g/mol.